The largest absolute Gasteiger partial charge is 0.517 e. The van der Waals surface area contributed by atoms with Crippen LogP contribution in [0.5, 0.6) is 11.5 Å². The second-order valence-electron chi connectivity index (χ2n) is 3.14. The maximum Gasteiger partial charge on any atom is 0.517 e. The van der Waals surface area contributed by atoms with E-state index in [1.165, 1.54) is 12.1 Å². The molecular weight excluding hydrogens is 266 g/mol. The van der Waals surface area contributed by atoms with E-state index < -0.39 is 16.8 Å². The van der Waals surface area contributed by atoms with E-state index in [2.05, 4.69) is 4.74 Å². The van der Waals surface area contributed by atoms with E-state index >= 15 is 0 Å². The van der Waals surface area contributed by atoms with Crippen molar-refractivity contribution in [2.45, 2.75) is 20.4 Å². The van der Waals surface area contributed by atoms with Crippen molar-refractivity contribution in [1.29, 1.82) is 0 Å². The van der Waals surface area contributed by atoms with Crippen molar-refractivity contribution < 1.29 is 23.9 Å². The van der Waals surface area contributed by atoms with E-state index in [4.69, 9.17) is 21.1 Å². The van der Waals surface area contributed by atoms with Crippen LogP contribution in [0.4, 0.5) is 4.79 Å². The summed E-state index contributed by atoms with van der Waals surface area (Å²) in [6.45, 7) is -0.0396. The summed E-state index contributed by atoms with van der Waals surface area (Å²) >= 11 is 5.00. The monoisotopic (exact) mass is 275 g/mol. The lowest BCUT2D eigenvalue weighted by molar-refractivity contribution is -0.600. The zero-order valence-electron chi connectivity index (χ0n) is 8.29. The van der Waals surface area contributed by atoms with E-state index in [1.54, 1.807) is 6.07 Å². The highest BCUT2D eigenvalue weighted by Crippen LogP contribution is 2.35. The summed E-state index contributed by atoms with van der Waals surface area (Å²) in [5.74, 6) is 0.502. The number of fused-ring (bicyclic) bond motifs is 1. The van der Waals surface area contributed by atoms with Crippen molar-refractivity contribution in [3.8, 4) is 11.5 Å². The highest BCUT2D eigenvalue weighted by molar-refractivity contribution is 6.61. The summed E-state index contributed by atoms with van der Waals surface area (Å²) in [6, 6.07) is 4.57. The molecule has 18 heavy (non-hydrogen) atoms. The Morgan fingerprint density at radius 2 is 2.11 bits per heavy atom. The lowest BCUT2D eigenvalue weighted by atomic mass is 10.2. The maximum atomic E-state index is 10.4. The molecule has 0 saturated carbocycles. The Labute approximate surface area is 107 Å². The molecule has 1 atom stereocenters. The normalized spacial score (nSPS) is 15.7. The van der Waals surface area contributed by atoms with Gasteiger partial charge in [0.2, 0.25) is 0 Å². The molecule has 0 aliphatic carbocycles. The Balaban J connectivity index is 0.00000162. The van der Waals surface area contributed by atoms with Crippen LogP contribution < -0.4 is 9.47 Å². The standard InChI is InChI=1S/C9H6ClNO6.CH4/c10-8(12)15-4-5-1-2-6-7(3-5)17-9(16-6)11(13)14;/h1-3,9H,4H2;1H4. The van der Waals surface area contributed by atoms with Crippen LogP contribution >= 0.6 is 11.6 Å². The SMILES string of the molecule is C.O=C(Cl)OCc1ccc2c(c1)OC([N+](=O)[O-])O2. The van der Waals surface area contributed by atoms with E-state index in [0.29, 0.717) is 5.56 Å². The molecule has 0 amide bonds. The van der Waals surface area contributed by atoms with E-state index in [1.807, 2.05) is 0 Å². The molecule has 2 rings (SSSR count). The van der Waals surface area contributed by atoms with Gasteiger partial charge < -0.3 is 14.2 Å². The molecule has 1 unspecified atom stereocenters. The summed E-state index contributed by atoms with van der Waals surface area (Å²) in [7, 11) is 0. The average molecular weight is 276 g/mol. The molecule has 8 heteroatoms. The molecule has 1 aliphatic heterocycles. The molecular formula is C10H10ClNO6. The number of ether oxygens (including phenoxy) is 3. The van der Waals surface area contributed by atoms with Crippen LogP contribution in [0.3, 0.4) is 0 Å². The van der Waals surface area contributed by atoms with Gasteiger partial charge in [-0.15, -0.1) is 0 Å². The molecule has 0 spiro atoms. The molecule has 1 aliphatic rings. The van der Waals surface area contributed by atoms with Crippen molar-refractivity contribution in [3.63, 3.8) is 0 Å². The van der Waals surface area contributed by atoms with Crippen molar-refractivity contribution in [1.82, 2.24) is 0 Å². The second kappa shape index (κ2) is 5.54. The van der Waals surface area contributed by atoms with Crippen molar-refractivity contribution >= 4 is 17.0 Å². The van der Waals surface area contributed by atoms with Gasteiger partial charge in [0.05, 0.1) is 0 Å². The van der Waals surface area contributed by atoms with Crippen LogP contribution in [-0.4, -0.2) is 16.8 Å². The van der Waals surface area contributed by atoms with Gasteiger partial charge in [0.1, 0.15) is 11.5 Å². The summed E-state index contributed by atoms with van der Waals surface area (Å²) < 4.78 is 14.4. The first-order chi connectivity index (χ1) is 8.06. The fourth-order valence-electron chi connectivity index (χ4n) is 1.30. The minimum atomic E-state index is -1.53. The molecule has 1 aromatic rings. The summed E-state index contributed by atoms with van der Waals surface area (Å²) in [5, 5.41) is 10.4. The third-order valence-corrected chi connectivity index (χ3v) is 2.10. The highest BCUT2D eigenvalue weighted by Gasteiger charge is 2.33. The number of halogens is 1. The smallest absolute Gasteiger partial charge is 0.449 e. The van der Waals surface area contributed by atoms with Gasteiger partial charge in [-0.05, 0) is 17.7 Å². The maximum absolute atomic E-state index is 10.4. The summed E-state index contributed by atoms with van der Waals surface area (Å²) in [4.78, 5) is 20.1. The van der Waals surface area contributed by atoms with Gasteiger partial charge >= 0.3 is 11.8 Å². The van der Waals surface area contributed by atoms with Crippen molar-refractivity contribution in [3.05, 3.63) is 33.9 Å². The predicted molar refractivity (Wildman–Crippen MR) is 61.2 cm³/mol. The van der Waals surface area contributed by atoms with Crippen LogP contribution in [0.2, 0.25) is 0 Å². The van der Waals surface area contributed by atoms with Gasteiger partial charge in [0.15, 0.2) is 11.5 Å². The number of hydrogen-bond donors (Lipinski definition) is 0. The first-order valence-electron chi connectivity index (χ1n) is 4.48. The molecule has 0 bridgehead atoms. The Morgan fingerprint density at radius 1 is 1.44 bits per heavy atom. The number of carbonyl (C=O) groups excluding carboxylic acids is 1. The number of hydrogen-bond acceptors (Lipinski definition) is 6. The third-order valence-electron chi connectivity index (χ3n) is 1.99. The molecule has 7 nitrogen and oxygen atoms in total. The van der Waals surface area contributed by atoms with Gasteiger partial charge in [0.25, 0.3) is 0 Å². The highest BCUT2D eigenvalue weighted by atomic mass is 35.5. The molecule has 0 saturated heterocycles. The molecule has 1 heterocycles. The lowest BCUT2D eigenvalue weighted by Gasteiger charge is -2.01. The minimum absolute atomic E-state index is 0. The first kappa shape index (κ1) is 14.0. The van der Waals surface area contributed by atoms with E-state index in [9.17, 15) is 14.9 Å². The van der Waals surface area contributed by atoms with Gasteiger partial charge in [-0.2, -0.15) is 0 Å². The van der Waals surface area contributed by atoms with Crippen LogP contribution in [0.1, 0.15) is 13.0 Å². The average Bonchev–Trinajstić information content (AvgIpc) is 2.69. The quantitative estimate of drug-likeness (QED) is 0.478. The third kappa shape index (κ3) is 3.01. The van der Waals surface area contributed by atoms with Gasteiger partial charge in [-0.25, -0.2) is 4.79 Å². The second-order valence-corrected chi connectivity index (χ2v) is 3.44. The Bertz CT molecular complexity index is 477. The van der Waals surface area contributed by atoms with Crippen molar-refractivity contribution in [2.75, 3.05) is 0 Å². The van der Waals surface area contributed by atoms with Gasteiger partial charge in [-0.1, -0.05) is 13.5 Å². The van der Waals surface area contributed by atoms with Crippen LogP contribution in [0, 0.1) is 10.1 Å². The van der Waals surface area contributed by atoms with Crippen LogP contribution in [-0.2, 0) is 11.3 Å². The molecule has 1 aromatic carbocycles. The Morgan fingerprint density at radius 3 is 2.72 bits per heavy atom. The molecule has 0 radical (unpaired) electrons. The van der Waals surface area contributed by atoms with Crippen molar-refractivity contribution in [2.24, 2.45) is 0 Å². The fourth-order valence-corrected chi connectivity index (χ4v) is 1.35. The lowest BCUT2D eigenvalue weighted by Crippen LogP contribution is -2.27. The molecule has 98 valence electrons. The number of nitro groups is 1. The van der Waals surface area contributed by atoms with Crippen LogP contribution in [0.15, 0.2) is 18.2 Å². The summed E-state index contributed by atoms with van der Waals surface area (Å²) in [5.41, 5.74) is -0.337. The topological polar surface area (TPSA) is 87.9 Å². The Hall–Kier alpha value is -2.02. The minimum Gasteiger partial charge on any atom is -0.449 e. The zero-order chi connectivity index (χ0) is 12.4. The predicted octanol–water partition coefficient (Wildman–Crippen LogP) is 2.53. The molecule has 0 N–H and O–H groups in total. The summed E-state index contributed by atoms with van der Waals surface area (Å²) in [6.07, 6.45) is -1.53. The fraction of sp³-hybridized carbons (Fsp3) is 0.300. The molecule has 0 fully saturated rings. The Kier molecular flexibility index (Phi) is 4.33. The number of nitrogens with zero attached hydrogens (tertiary/aromatic N) is 1. The molecule has 0 aromatic heterocycles. The number of benzene rings is 1. The van der Waals surface area contributed by atoms with Gasteiger partial charge in [-0.3, -0.25) is 10.1 Å². The van der Waals surface area contributed by atoms with E-state index in [0.717, 1.165) is 0 Å². The number of carbonyl (C=O) groups is 1. The van der Waals surface area contributed by atoms with Crippen LogP contribution in [0.25, 0.3) is 0 Å². The van der Waals surface area contributed by atoms with Gasteiger partial charge in [0, 0.05) is 11.6 Å². The van der Waals surface area contributed by atoms with E-state index in [-0.39, 0.29) is 25.5 Å². The number of rotatable bonds is 3. The first-order valence-corrected chi connectivity index (χ1v) is 4.86. The zero-order valence-corrected chi connectivity index (χ0v) is 9.05.